The molecule has 0 saturated heterocycles. The van der Waals surface area contributed by atoms with Crippen LogP contribution in [0.4, 0.5) is 28.9 Å². The van der Waals surface area contributed by atoms with E-state index in [-0.39, 0.29) is 17.9 Å². The lowest BCUT2D eigenvalue weighted by Gasteiger charge is -2.40. The molecule has 2 aliphatic heterocycles. The second kappa shape index (κ2) is 7.30. The molecule has 0 fully saturated rings. The van der Waals surface area contributed by atoms with Gasteiger partial charge in [-0.05, 0) is 68.0 Å². The second-order valence-electron chi connectivity index (χ2n) is 7.46. The summed E-state index contributed by atoms with van der Waals surface area (Å²) < 4.78 is 53.8. The average Bonchev–Trinajstić information content (AvgIpc) is 2.68. The van der Waals surface area contributed by atoms with Crippen molar-refractivity contribution < 1.29 is 22.4 Å². The molecule has 0 atom stereocenters. The molecule has 0 bridgehead atoms. The molecule has 160 valence electrons. The summed E-state index contributed by atoms with van der Waals surface area (Å²) in [6.45, 7) is 7.24. The molecule has 0 saturated carbocycles. The third-order valence-electron chi connectivity index (χ3n) is 5.29. The number of nitrogens with one attached hydrogen (secondary N) is 1. The Balaban J connectivity index is 1.89. The number of anilines is 2. The lowest BCUT2D eigenvalue weighted by molar-refractivity contribution is -0.137. The van der Waals surface area contributed by atoms with E-state index in [1.807, 2.05) is 0 Å². The predicted octanol–water partition coefficient (Wildman–Crippen LogP) is 5.61. The highest BCUT2D eigenvalue weighted by Crippen LogP contribution is 2.41. The number of hydrogen-bond acceptors (Lipinski definition) is 3. The van der Waals surface area contributed by atoms with E-state index in [9.17, 15) is 22.4 Å². The molecule has 2 aromatic carbocycles. The van der Waals surface area contributed by atoms with Crippen molar-refractivity contribution in [1.29, 1.82) is 0 Å². The van der Waals surface area contributed by atoms with Gasteiger partial charge in [-0.3, -0.25) is 9.69 Å². The van der Waals surface area contributed by atoms with Gasteiger partial charge in [-0.25, -0.2) is 4.39 Å². The molecule has 8 heteroatoms. The zero-order chi connectivity index (χ0) is 22.5. The molecule has 31 heavy (non-hydrogen) atoms. The van der Waals surface area contributed by atoms with Crippen molar-refractivity contribution in [2.45, 2.75) is 20.0 Å². The third-order valence-corrected chi connectivity index (χ3v) is 5.29. The van der Waals surface area contributed by atoms with Crippen molar-refractivity contribution in [3.05, 3.63) is 94.7 Å². The highest BCUT2D eigenvalue weighted by Gasteiger charge is 2.37. The fraction of sp³-hybridized carbons (Fsp3) is 0.174. The molecule has 1 amide bonds. The van der Waals surface area contributed by atoms with E-state index < -0.39 is 23.5 Å². The summed E-state index contributed by atoms with van der Waals surface area (Å²) in [5, 5.41) is 3.06. The van der Waals surface area contributed by atoms with Crippen LogP contribution in [0.25, 0.3) is 0 Å². The number of aryl methyl sites for hydroxylation is 1. The van der Waals surface area contributed by atoms with Crippen LogP contribution in [0.15, 0.2) is 72.2 Å². The van der Waals surface area contributed by atoms with E-state index >= 15 is 0 Å². The van der Waals surface area contributed by atoms with Crippen molar-refractivity contribution in [3.63, 3.8) is 0 Å². The number of hydrogen-bond donors (Lipinski definition) is 1. The van der Waals surface area contributed by atoms with Crippen LogP contribution in [-0.2, 0) is 6.18 Å². The number of allylic oxidation sites excluding steroid dienone is 3. The Bertz CT molecular complexity index is 1160. The normalized spacial score (nSPS) is 16.6. The van der Waals surface area contributed by atoms with Gasteiger partial charge in [-0.15, -0.1) is 0 Å². The predicted molar refractivity (Wildman–Crippen MR) is 110 cm³/mol. The molecule has 0 unspecified atom stereocenters. The van der Waals surface area contributed by atoms with Crippen molar-refractivity contribution in [2.75, 3.05) is 11.6 Å². The Hall–Kier alpha value is -3.55. The fourth-order valence-corrected chi connectivity index (χ4v) is 3.80. The maximum atomic E-state index is 13.7. The van der Waals surface area contributed by atoms with E-state index in [1.54, 1.807) is 30.9 Å². The maximum absolute atomic E-state index is 13.7. The van der Waals surface area contributed by atoms with Gasteiger partial charge in [0.25, 0.3) is 5.91 Å². The molecule has 2 aromatic rings. The highest BCUT2D eigenvalue weighted by atomic mass is 19.4. The van der Waals surface area contributed by atoms with Gasteiger partial charge in [-0.1, -0.05) is 6.58 Å². The molecule has 0 spiro atoms. The smallest absolute Gasteiger partial charge is 0.358 e. The Labute approximate surface area is 176 Å². The van der Waals surface area contributed by atoms with Gasteiger partial charge in [0.05, 0.1) is 22.5 Å². The first-order valence-electron chi connectivity index (χ1n) is 9.48. The number of carbonyl (C=O) groups excluding carboxylic acids is 1. The maximum Gasteiger partial charge on any atom is 0.416 e. The van der Waals surface area contributed by atoms with Gasteiger partial charge >= 0.3 is 6.18 Å². The quantitative estimate of drug-likeness (QED) is 0.631. The van der Waals surface area contributed by atoms with E-state index in [0.29, 0.717) is 28.3 Å². The number of carbonyl (C=O) groups is 1. The van der Waals surface area contributed by atoms with Crippen LogP contribution < -0.4 is 10.2 Å². The summed E-state index contributed by atoms with van der Waals surface area (Å²) in [6.07, 6.45) is -1.11. The van der Waals surface area contributed by atoms with Crippen LogP contribution in [0.2, 0.25) is 0 Å². The van der Waals surface area contributed by atoms with Crippen LogP contribution in [-0.4, -0.2) is 17.5 Å². The number of amides is 1. The van der Waals surface area contributed by atoms with E-state index in [2.05, 4.69) is 11.9 Å². The minimum absolute atomic E-state index is 0.0369. The topological polar surface area (TPSA) is 35.6 Å². The molecule has 2 heterocycles. The van der Waals surface area contributed by atoms with Crippen molar-refractivity contribution in [1.82, 2.24) is 10.2 Å². The first kappa shape index (κ1) is 20.7. The SMILES string of the molecule is C=C1C=CC(N2CN(c3ccc(F)cc3C)c3cc(C(F)(F)F)ccc3C2=O)=C(C)N1. The highest BCUT2D eigenvalue weighted by molar-refractivity contribution is 6.04. The summed E-state index contributed by atoms with van der Waals surface area (Å²) in [5.41, 5.74) is 2.36. The number of alkyl halides is 3. The number of halogens is 4. The molecular formula is C23H19F4N3O. The van der Waals surface area contributed by atoms with Crippen molar-refractivity contribution in [3.8, 4) is 0 Å². The monoisotopic (exact) mass is 429 g/mol. The molecule has 0 aromatic heterocycles. The van der Waals surface area contributed by atoms with E-state index in [4.69, 9.17) is 0 Å². The first-order valence-corrected chi connectivity index (χ1v) is 9.48. The number of rotatable bonds is 2. The number of dihydropyridines is 1. The Kier molecular flexibility index (Phi) is 4.88. The van der Waals surface area contributed by atoms with Crippen LogP contribution in [0.3, 0.4) is 0 Å². The number of fused-ring (bicyclic) bond motifs is 1. The molecular weight excluding hydrogens is 410 g/mol. The van der Waals surface area contributed by atoms with E-state index in [1.165, 1.54) is 29.2 Å². The summed E-state index contributed by atoms with van der Waals surface area (Å²) in [7, 11) is 0. The first-order chi connectivity index (χ1) is 14.6. The Morgan fingerprint density at radius 2 is 1.74 bits per heavy atom. The van der Waals surface area contributed by atoms with Crippen LogP contribution in [0.5, 0.6) is 0 Å². The Morgan fingerprint density at radius 3 is 2.39 bits per heavy atom. The summed E-state index contributed by atoms with van der Waals surface area (Å²) in [5.74, 6) is -0.875. The van der Waals surface area contributed by atoms with Crippen LogP contribution >= 0.6 is 0 Å². The molecule has 0 aliphatic carbocycles. The van der Waals surface area contributed by atoms with Gasteiger partial charge < -0.3 is 10.2 Å². The summed E-state index contributed by atoms with van der Waals surface area (Å²) >= 11 is 0. The Morgan fingerprint density at radius 1 is 1.00 bits per heavy atom. The minimum atomic E-state index is -4.56. The number of benzene rings is 2. The lowest BCUT2D eigenvalue weighted by Crippen LogP contribution is -2.45. The zero-order valence-corrected chi connectivity index (χ0v) is 16.8. The van der Waals surface area contributed by atoms with Crippen molar-refractivity contribution >= 4 is 17.3 Å². The molecule has 0 radical (unpaired) electrons. The fourth-order valence-electron chi connectivity index (χ4n) is 3.80. The third kappa shape index (κ3) is 3.69. The van der Waals surface area contributed by atoms with Gasteiger partial charge in [0.1, 0.15) is 12.5 Å². The standard InChI is InChI=1S/C23H19F4N3O/c1-13-10-17(24)6-9-19(13)29-12-30(20-8-4-14(2)28-15(20)3)22(31)18-7-5-16(11-21(18)29)23(25,26)27/h4-11,28H,2,12H2,1,3H3. The molecule has 4 nitrogen and oxygen atoms in total. The van der Waals surface area contributed by atoms with Gasteiger partial charge in [0.2, 0.25) is 0 Å². The molecule has 2 aliphatic rings. The molecule has 4 rings (SSSR count). The average molecular weight is 429 g/mol. The number of nitrogens with zero attached hydrogens (tertiary/aromatic N) is 2. The second-order valence-corrected chi connectivity index (χ2v) is 7.46. The summed E-state index contributed by atoms with van der Waals surface area (Å²) in [4.78, 5) is 16.3. The summed E-state index contributed by atoms with van der Waals surface area (Å²) in [6, 6.07) is 7.10. The van der Waals surface area contributed by atoms with Gasteiger partial charge in [0.15, 0.2) is 0 Å². The van der Waals surface area contributed by atoms with Gasteiger partial charge in [-0.2, -0.15) is 13.2 Å². The van der Waals surface area contributed by atoms with Gasteiger partial charge in [0, 0.05) is 17.1 Å². The van der Waals surface area contributed by atoms with Crippen LogP contribution in [0, 0.1) is 12.7 Å². The zero-order valence-electron chi connectivity index (χ0n) is 16.8. The molecule has 1 N–H and O–H groups in total. The largest absolute Gasteiger partial charge is 0.416 e. The van der Waals surface area contributed by atoms with E-state index in [0.717, 1.165) is 12.1 Å². The van der Waals surface area contributed by atoms with Crippen molar-refractivity contribution in [2.24, 2.45) is 0 Å². The van der Waals surface area contributed by atoms with Crippen LogP contribution in [0.1, 0.15) is 28.4 Å². The lowest BCUT2D eigenvalue weighted by atomic mass is 10.0. The minimum Gasteiger partial charge on any atom is -0.358 e.